The second-order valence-electron chi connectivity index (χ2n) is 4.55. The van der Waals surface area contributed by atoms with Crippen LogP contribution in [0.1, 0.15) is 24.4 Å². The number of pyridine rings is 1. The summed E-state index contributed by atoms with van der Waals surface area (Å²) in [5, 5.41) is 8.01. The Bertz CT molecular complexity index is 389. The molecular weight excluding hydrogens is 262 g/mol. The minimum atomic E-state index is -1.00. The Morgan fingerprint density at radius 3 is 2.84 bits per heavy atom. The molecule has 1 aromatic heterocycles. The number of nitrogens with zero attached hydrogens (tertiary/aromatic N) is 2. The van der Waals surface area contributed by atoms with Crippen molar-refractivity contribution in [3.63, 3.8) is 0 Å². The van der Waals surface area contributed by atoms with Crippen LogP contribution < -0.4 is 5.73 Å². The van der Waals surface area contributed by atoms with Gasteiger partial charge in [0.15, 0.2) is 0 Å². The molecular formula is C13H21N3O2S. The van der Waals surface area contributed by atoms with Crippen LogP contribution in [0.4, 0.5) is 0 Å². The molecule has 0 radical (unpaired) electrons. The molecule has 2 atom stereocenters. The van der Waals surface area contributed by atoms with Crippen molar-refractivity contribution in [2.45, 2.75) is 24.9 Å². The van der Waals surface area contributed by atoms with Gasteiger partial charge in [0.1, 0.15) is 6.04 Å². The van der Waals surface area contributed by atoms with E-state index in [2.05, 4.69) is 35.6 Å². The van der Waals surface area contributed by atoms with E-state index in [0.29, 0.717) is 6.04 Å². The number of hydrogen-bond donors (Lipinski definition) is 3. The number of aromatic nitrogens is 1. The van der Waals surface area contributed by atoms with E-state index in [9.17, 15) is 4.79 Å². The standard InChI is InChI=1S/C10H14N2.C3H7NO2S/c1-12-7-3-5-10(12)9-4-2-6-11-8-9;4-2(1-7)3(5)6/h2,4,6,8,10H,3,5,7H2,1H3;2,7H,1,4H2,(H,5,6)/t10-;/m0./s1. The predicted molar refractivity (Wildman–Crippen MR) is 78.3 cm³/mol. The molecule has 1 saturated heterocycles. The lowest BCUT2D eigenvalue weighted by Crippen LogP contribution is -2.31. The Balaban J connectivity index is 0.000000224. The monoisotopic (exact) mass is 283 g/mol. The molecule has 3 N–H and O–H groups in total. The normalized spacial score (nSPS) is 20.5. The van der Waals surface area contributed by atoms with Gasteiger partial charge in [0.2, 0.25) is 0 Å². The molecule has 0 aromatic carbocycles. The lowest BCUT2D eigenvalue weighted by atomic mass is 10.1. The van der Waals surface area contributed by atoms with E-state index in [-0.39, 0.29) is 5.75 Å². The molecule has 2 rings (SSSR count). The van der Waals surface area contributed by atoms with Gasteiger partial charge in [0.25, 0.3) is 0 Å². The van der Waals surface area contributed by atoms with Crippen LogP contribution in [0.2, 0.25) is 0 Å². The molecule has 1 aromatic rings. The highest BCUT2D eigenvalue weighted by molar-refractivity contribution is 7.80. The molecule has 0 spiro atoms. The van der Waals surface area contributed by atoms with Gasteiger partial charge in [-0.3, -0.25) is 14.7 Å². The summed E-state index contributed by atoms with van der Waals surface area (Å²) in [7, 11) is 2.19. The van der Waals surface area contributed by atoms with Crippen LogP contribution >= 0.6 is 12.6 Å². The van der Waals surface area contributed by atoms with Crippen LogP contribution in [0, 0.1) is 0 Å². The zero-order valence-corrected chi connectivity index (χ0v) is 12.0. The van der Waals surface area contributed by atoms with Gasteiger partial charge in [0.05, 0.1) is 0 Å². The molecule has 6 heteroatoms. The first kappa shape index (κ1) is 15.9. The number of carboxylic acid groups (broad SMARTS) is 1. The molecule has 0 saturated carbocycles. The number of aliphatic carboxylic acids is 1. The average Bonchev–Trinajstić information content (AvgIpc) is 2.85. The fourth-order valence-corrected chi connectivity index (χ4v) is 2.14. The number of nitrogens with two attached hydrogens (primary N) is 1. The summed E-state index contributed by atoms with van der Waals surface area (Å²) in [5.74, 6) is -0.815. The molecule has 1 aliphatic rings. The van der Waals surface area contributed by atoms with Crippen LogP contribution in [0.3, 0.4) is 0 Å². The Morgan fingerprint density at radius 1 is 1.74 bits per heavy atom. The largest absolute Gasteiger partial charge is 0.480 e. The second-order valence-corrected chi connectivity index (χ2v) is 4.92. The molecule has 106 valence electrons. The van der Waals surface area contributed by atoms with Gasteiger partial charge in [-0.2, -0.15) is 12.6 Å². The highest BCUT2D eigenvalue weighted by Gasteiger charge is 2.21. The lowest BCUT2D eigenvalue weighted by Gasteiger charge is -2.18. The molecule has 1 unspecified atom stereocenters. The van der Waals surface area contributed by atoms with Gasteiger partial charge < -0.3 is 10.8 Å². The smallest absolute Gasteiger partial charge is 0.321 e. The van der Waals surface area contributed by atoms with Crippen molar-refractivity contribution in [1.82, 2.24) is 9.88 Å². The highest BCUT2D eigenvalue weighted by atomic mass is 32.1. The van der Waals surface area contributed by atoms with Crippen molar-refractivity contribution < 1.29 is 9.90 Å². The van der Waals surface area contributed by atoms with Crippen molar-refractivity contribution in [1.29, 1.82) is 0 Å². The third-order valence-electron chi connectivity index (χ3n) is 3.10. The maximum atomic E-state index is 9.76. The number of likely N-dealkylation sites (tertiary alicyclic amines) is 1. The quantitative estimate of drug-likeness (QED) is 0.726. The van der Waals surface area contributed by atoms with E-state index in [4.69, 9.17) is 10.8 Å². The van der Waals surface area contributed by atoms with Crippen LogP contribution in [-0.2, 0) is 4.79 Å². The summed E-state index contributed by atoms with van der Waals surface area (Å²) in [5.41, 5.74) is 6.30. The summed E-state index contributed by atoms with van der Waals surface area (Å²) < 4.78 is 0. The van der Waals surface area contributed by atoms with Gasteiger partial charge in [-0.15, -0.1) is 0 Å². The van der Waals surface area contributed by atoms with E-state index in [1.807, 2.05) is 18.5 Å². The first-order valence-corrected chi connectivity index (χ1v) is 6.89. The van der Waals surface area contributed by atoms with Crippen molar-refractivity contribution in [2.75, 3.05) is 19.3 Å². The minimum Gasteiger partial charge on any atom is -0.480 e. The van der Waals surface area contributed by atoms with Gasteiger partial charge in [-0.25, -0.2) is 0 Å². The fraction of sp³-hybridized carbons (Fsp3) is 0.538. The molecule has 0 aliphatic carbocycles. The third kappa shape index (κ3) is 5.18. The number of thiol groups is 1. The fourth-order valence-electron chi connectivity index (χ4n) is 1.98. The molecule has 1 fully saturated rings. The van der Waals surface area contributed by atoms with Crippen LogP contribution in [0.25, 0.3) is 0 Å². The SMILES string of the molecule is CN1CCC[C@H]1c1cccnc1.NC(CS)C(=O)O. The van der Waals surface area contributed by atoms with Crippen LogP contribution in [-0.4, -0.2) is 46.3 Å². The summed E-state index contributed by atoms with van der Waals surface area (Å²) in [6.45, 7) is 1.22. The molecule has 19 heavy (non-hydrogen) atoms. The van der Waals surface area contributed by atoms with Gasteiger partial charge in [-0.05, 0) is 38.1 Å². The van der Waals surface area contributed by atoms with Crippen molar-refractivity contribution in [3.05, 3.63) is 30.1 Å². The zero-order valence-electron chi connectivity index (χ0n) is 11.1. The Morgan fingerprint density at radius 2 is 2.47 bits per heavy atom. The number of carboxylic acids is 1. The number of hydrogen-bond acceptors (Lipinski definition) is 5. The first-order valence-electron chi connectivity index (χ1n) is 6.25. The predicted octanol–water partition coefficient (Wildman–Crippen LogP) is 1.18. The Hall–Kier alpha value is -1.11. The lowest BCUT2D eigenvalue weighted by molar-refractivity contribution is -0.137. The van der Waals surface area contributed by atoms with Crippen molar-refractivity contribution in [2.24, 2.45) is 5.73 Å². The molecule has 2 heterocycles. The summed E-state index contributed by atoms with van der Waals surface area (Å²) in [4.78, 5) is 16.3. The topological polar surface area (TPSA) is 79.5 Å². The maximum absolute atomic E-state index is 9.76. The molecule has 5 nitrogen and oxygen atoms in total. The van der Waals surface area contributed by atoms with E-state index in [1.165, 1.54) is 24.9 Å². The second kappa shape index (κ2) is 8.14. The van der Waals surface area contributed by atoms with Gasteiger partial charge in [-0.1, -0.05) is 6.07 Å². The average molecular weight is 283 g/mol. The van der Waals surface area contributed by atoms with E-state index < -0.39 is 12.0 Å². The van der Waals surface area contributed by atoms with Gasteiger partial charge in [0, 0.05) is 24.2 Å². The zero-order chi connectivity index (χ0) is 14.3. The Labute approximate surface area is 119 Å². The molecule has 0 bridgehead atoms. The van der Waals surface area contributed by atoms with Crippen molar-refractivity contribution in [3.8, 4) is 0 Å². The molecule has 0 amide bonds. The highest BCUT2D eigenvalue weighted by Crippen LogP contribution is 2.29. The minimum absolute atomic E-state index is 0.190. The summed E-state index contributed by atoms with van der Waals surface area (Å²) in [6.07, 6.45) is 6.41. The van der Waals surface area contributed by atoms with Gasteiger partial charge >= 0.3 is 5.97 Å². The third-order valence-corrected chi connectivity index (χ3v) is 3.50. The van der Waals surface area contributed by atoms with Crippen molar-refractivity contribution >= 4 is 18.6 Å². The van der Waals surface area contributed by atoms with Crippen LogP contribution in [0.15, 0.2) is 24.5 Å². The first-order chi connectivity index (χ1) is 9.06. The summed E-state index contributed by atoms with van der Waals surface area (Å²) in [6, 6.07) is 3.98. The summed E-state index contributed by atoms with van der Waals surface area (Å²) >= 11 is 3.65. The van der Waals surface area contributed by atoms with E-state index in [0.717, 1.165) is 0 Å². The number of rotatable bonds is 3. The Kier molecular flexibility index (Phi) is 6.83. The van der Waals surface area contributed by atoms with Crippen LogP contribution in [0.5, 0.6) is 0 Å². The molecule has 1 aliphatic heterocycles. The van der Waals surface area contributed by atoms with E-state index in [1.54, 1.807) is 0 Å². The van der Waals surface area contributed by atoms with E-state index >= 15 is 0 Å². The number of carbonyl (C=O) groups is 1. The maximum Gasteiger partial charge on any atom is 0.321 e.